The highest BCUT2D eigenvalue weighted by atomic mass is 19.3. The molecule has 0 aromatic heterocycles. The molecule has 0 saturated heterocycles. The number of aliphatic hydroxyl groups excluding tert-OH is 1. The fourth-order valence-electron chi connectivity index (χ4n) is 1.79. The van der Waals surface area contributed by atoms with E-state index < -0.39 is 24.3 Å². The summed E-state index contributed by atoms with van der Waals surface area (Å²) in [6.45, 7) is -2.99. The Bertz CT molecular complexity index is 581. The standard InChI is InChI=1S/C14H10F4O2/c15-10-4-9(5-11(16)7-10)13(19)8-2-1-3-12(6-8)20-14(17)18/h1-7,13-14,19H. The summed E-state index contributed by atoms with van der Waals surface area (Å²) in [6, 6.07) is 7.90. The van der Waals surface area contributed by atoms with Crippen LogP contribution in [-0.2, 0) is 0 Å². The summed E-state index contributed by atoms with van der Waals surface area (Å²) in [5.74, 6) is -1.81. The summed E-state index contributed by atoms with van der Waals surface area (Å²) in [5, 5.41) is 10.0. The molecule has 0 fully saturated rings. The molecule has 1 N–H and O–H groups in total. The van der Waals surface area contributed by atoms with Crippen molar-refractivity contribution in [2.24, 2.45) is 0 Å². The first-order chi connectivity index (χ1) is 9.45. The molecule has 0 saturated carbocycles. The Kier molecular flexibility index (Phi) is 4.24. The van der Waals surface area contributed by atoms with Gasteiger partial charge in [-0.05, 0) is 35.4 Å². The molecule has 6 heteroatoms. The summed E-state index contributed by atoms with van der Waals surface area (Å²) in [5.41, 5.74) is 0.171. The van der Waals surface area contributed by atoms with Crippen LogP contribution in [0.2, 0.25) is 0 Å². The average molecular weight is 286 g/mol. The second-order valence-corrected chi connectivity index (χ2v) is 4.06. The molecule has 0 aliphatic carbocycles. The van der Waals surface area contributed by atoms with E-state index in [1.165, 1.54) is 24.3 Å². The second kappa shape index (κ2) is 5.92. The van der Waals surface area contributed by atoms with Crippen LogP contribution in [0.3, 0.4) is 0 Å². The van der Waals surface area contributed by atoms with E-state index >= 15 is 0 Å². The first-order valence-corrected chi connectivity index (χ1v) is 5.64. The SMILES string of the molecule is OC(c1cc(F)cc(F)c1)c1cccc(OC(F)F)c1. The third kappa shape index (κ3) is 3.48. The summed E-state index contributed by atoms with van der Waals surface area (Å²) in [7, 11) is 0. The van der Waals surface area contributed by atoms with E-state index in [9.17, 15) is 22.7 Å². The van der Waals surface area contributed by atoms with Crippen molar-refractivity contribution in [3.8, 4) is 5.75 Å². The highest BCUT2D eigenvalue weighted by Crippen LogP contribution is 2.26. The van der Waals surface area contributed by atoms with Crippen molar-refractivity contribution in [3.05, 3.63) is 65.2 Å². The Balaban J connectivity index is 2.30. The first kappa shape index (κ1) is 14.3. The lowest BCUT2D eigenvalue weighted by atomic mass is 10.0. The molecule has 2 aromatic rings. The zero-order chi connectivity index (χ0) is 14.7. The summed E-state index contributed by atoms with van der Waals surface area (Å²) in [6.07, 6.45) is -1.35. The van der Waals surface area contributed by atoms with Crippen molar-refractivity contribution in [1.82, 2.24) is 0 Å². The number of halogens is 4. The van der Waals surface area contributed by atoms with Crippen LogP contribution < -0.4 is 4.74 Å². The van der Waals surface area contributed by atoms with Gasteiger partial charge in [-0.2, -0.15) is 8.78 Å². The van der Waals surface area contributed by atoms with Crippen molar-refractivity contribution in [2.45, 2.75) is 12.7 Å². The first-order valence-electron chi connectivity index (χ1n) is 5.64. The molecule has 0 heterocycles. The largest absolute Gasteiger partial charge is 0.435 e. The van der Waals surface area contributed by atoms with Crippen LogP contribution >= 0.6 is 0 Å². The highest BCUT2D eigenvalue weighted by Gasteiger charge is 2.14. The summed E-state index contributed by atoms with van der Waals surface area (Å²) in [4.78, 5) is 0. The molecule has 0 amide bonds. The predicted molar refractivity (Wildman–Crippen MR) is 63.5 cm³/mol. The Morgan fingerprint density at radius 3 is 2.15 bits per heavy atom. The van der Waals surface area contributed by atoms with Crippen LogP contribution in [0.1, 0.15) is 17.2 Å². The maximum Gasteiger partial charge on any atom is 0.387 e. The van der Waals surface area contributed by atoms with Crippen LogP contribution in [0.15, 0.2) is 42.5 Å². The van der Waals surface area contributed by atoms with Crippen molar-refractivity contribution >= 4 is 0 Å². The summed E-state index contributed by atoms with van der Waals surface area (Å²) < 4.78 is 54.6. The van der Waals surface area contributed by atoms with Gasteiger partial charge in [0.2, 0.25) is 0 Å². The minimum Gasteiger partial charge on any atom is -0.435 e. The fraction of sp³-hybridized carbons (Fsp3) is 0.143. The van der Waals surface area contributed by atoms with Crippen molar-refractivity contribution < 1.29 is 27.4 Å². The van der Waals surface area contributed by atoms with Gasteiger partial charge in [0.05, 0.1) is 0 Å². The van der Waals surface area contributed by atoms with E-state index in [1.54, 1.807) is 0 Å². The molecule has 2 rings (SSSR count). The molecule has 1 unspecified atom stereocenters. The number of rotatable bonds is 4. The number of hydrogen-bond acceptors (Lipinski definition) is 2. The Hall–Kier alpha value is -2.08. The molecular weight excluding hydrogens is 276 g/mol. The highest BCUT2D eigenvalue weighted by molar-refractivity contribution is 5.35. The average Bonchev–Trinajstić information content (AvgIpc) is 2.36. The quantitative estimate of drug-likeness (QED) is 0.869. The molecule has 2 aromatic carbocycles. The van der Waals surface area contributed by atoms with Gasteiger partial charge in [-0.3, -0.25) is 0 Å². The van der Waals surface area contributed by atoms with Crippen molar-refractivity contribution in [2.75, 3.05) is 0 Å². The van der Waals surface area contributed by atoms with Gasteiger partial charge in [-0.1, -0.05) is 12.1 Å². The molecule has 0 bridgehead atoms. The van der Waals surface area contributed by atoms with E-state index in [1.807, 2.05) is 0 Å². The van der Waals surface area contributed by atoms with Crippen LogP contribution in [-0.4, -0.2) is 11.7 Å². The number of ether oxygens (including phenoxy) is 1. The van der Waals surface area contributed by atoms with E-state index in [-0.39, 0.29) is 16.9 Å². The van der Waals surface area contributed by atoms with Gasteiger partial charge in [0, 0.05) is 6.07 Å². The Morgan fingerprint density at radius 1 is 0.900 bits per heavy atom. The zero-order valence-electron chi connectivity index (χ0n) is 10.1. The van der Waals surface area contributed by atoms with Gasteiger partial charge < -0.3 is 9.84 Å². The van der Waals surface area contributed by atoms with Gasteiger partial charge in [-0.25, -0.2) is 8.78 Å². The second-order valence-electron chi connectivity index (χ2n) is 4.06. The van der Waals surface area contributed by atoms with Crippen LogP contribution in [0.25, 0.3) is 0 Å². The molecule has 106 valence electrons. The normalized spacial score (nSPS) is 12.5. The molecule has 0 radical (unpaired) electrons. The van der Waals surface area contributed by atoms with E-state index in [4.69, 9.17) is 0 Å². The van der Waals surface area contributed by atoms with E-state index in [2.05, 4.69) is 4.74 Å². The Morgan fingerprint density at radius 2 is 1.55 bits per heavy atom. The van der Waals surface area contributed by atoms with Crippen LogP contribution in [0, 0.1) is 11.6 Å². The molecule has 0 aliphatic heterocycles. The molecular formula is C14H10F4O2. The molecule has 0 spiro atoms. The maximum absolute atomic E-state index is 13.1. The lowest BCUT2D eigenvalue weighted by Gasteiger charge is -2.13. The lowest BCUT2D eigenvalue weighted by Crippen LogP contribution is -2.04. The van der Waals surface area contributed by atoms with Gasteiger partial charge in [0.25, 0.3) is 0 Å². The Labute approximate surface area is 112 Å². The molecule has 0 aliphatic rings. The zero-order valence-corrected chi connectivity index (χ0v) is 10.1. The number of aliphatic hydroxyl groups is 1. The minimum absolute atomic E-state index is 0.0169. The maximum atomic E-state index is 13.1. The molecule has 2 nitrogen and oxygen atoms in total. The molecule has 1 atom stereocenters. The van der Waals surface area contributed by atoms with Gasteiger partial charge in [0.1, 0.15) is 23.5 Å². The van der Waals surface area contributed by atoms with Crippen LogP contribution in [0.5, 0.6) is 5.75 Å². The predicted octanol–water partition coefficient (Wildman–Crippen LogP) is 3.65. The van der Waals surface area contributed by atoms with Crippen molar-refractivity contribution in [3.63, 3.8) is 0 Å². The number of alkyl halides is 2. The molecule has 20 heavy (non-hydrogen) atoms. The van der Waals surface area contributed by atoms with Crippen LogP contribution in [0.4, 0.5) is 17.6 Å². The van der Waals surface area contributed by atoms with Crippen molar-refractivity contribution in [1.29, 1.82) is 0 Å². The van der Waals surface area contributed by atoms with E-state index in [0.29, 0.717) is 6.07 Å². The van der Waals surface area contributed by atoms with E-state index in [0.717, 1.165) is 12.1 Å². The third-order valence-corrected chi connectivity index (χ3v) is 2.60. The number of benzene rings is 2. The fourth-order valence-corrected chi connectivity index (χ4v) is 1.79. The lowest BCUT2D eigenvalue weighted by molar-refractivity contribution is -0.0499. The monoisotopic (exact) mass is 286 g/mol. The number of hydrogen-bond donors (Lipinski definition) is 1. The third-order valence-electron chi connectivity index (χ3n) is 2.60. The van der Waals surface area contributed by atoms with Gasteiger partial charge in [0.15, 0.2) is 0 Å². The topological polar surface area (TPSA) is 29.5 Å². The smallest absolute Gasteiger partial charge is 0.387 e. The summed E-state index contributed by atoms with van der Waals surface area (Å²) >= 11 is 0. The minimum atomic E-state index is -2.99. The van der Waals surface area contributed by atoms with Gasteiger partial charge >= 0.3 is 6.61 Å². The van der Waals surface area contributed by atoms with Gasteiger partial charge in [-0.15, -0.1) is 0 Å².